The third-order valence-electron chi connectivity index (χ3n) is 4.11. The van der Waals surface area contributed by atoms with Gasteiger partial charge in [0.05, 0.1) is 12.7 Å². The van der Waals surface area contributed by atoms with Gasteiger partial charge < -0.3 is 25.3 Å². The Morgan fingerprint density at radius 2 is 2.05 bits per heavy atom. The molecule has 1 aromatic rings. The first-order valence-corrected chi connectivity index (χ1v) is 7.64. The maximum absolute atomic E-state index is 9.33. The average Bonchev–Trinajstić information content (AvgIpc) is 2.53. The molecular formula is C16H27N3O2. The van der Waals surface area contributed by atoms with E-state index in [0.29, 0.717) is 12.6 Å². The Balaban J connectivity index is 1.92. The van der Waals surface area contributed by atoms with Gasteiger partial charge in [0.1, 0.15) is 0 Å². The Labute approximate surface area is 127 Å². The highest BCUT2D eigenvalue weighted by Gasteiger charge is 2.21. The summed E-state index contributed by atoms with van der Waals surface area (Å²) in [6.45, 7) is 2.33. The van der Waals surface area contributed by atoms with Crippen LogP contribution in [-0.4, -0.2) is 67.6 Å². The summed E-state index contributed by atoms with van der Waals surface area (Å²) in [7, 11) is 4.29. The SMILES string of the molecule is CN(C)C1CCCN(c2ccc(NCC(O)CO)cc2)C1. The quantitative estimate of drug-likeness (QED) is 0.730. The van der Waals surface area contributed by atoms with Crippen LogP contribution >= 0.6 is 0 Å². The minimum absolute atomic E-state index is 0.217. The monoisotopic (exact) mass is 293 g/mol. The number of benzene rings is 1. The molecule has 1 aliphatic heterocycles. The van der Waals surface area contributed by atoms with E-state index < -0.39 is 6.10 Å². The second-order valence-corrected chi connectivity index (χ2v) is 5.97. The molecule has 2 unspecified atom stereocenters. The summed E-state index contributed by atoms with van der Waals surface area (Å²) < 4.78 is 0. The number of likely N-dealkylation sites (N-methyl/N-ethyl adjacent to an activating group) is 1. The summed E-state index contributed by atoms with van der Waals surface area (Å²) in [5, 5.41) is 21.2. The Morgan fingerprint density at radius 3 is 2.67 bits per heavy atom. The molecule has 0 aliphatic carbocycles. The number of anilines is 2. The topological polar surface area (TPSA) is 59.0 Å². The zero-order valence-electron chi connectivity index (χ0n) is 13.0. The zero-order valence-corrected chi connectivity index (χ0v) is 13.0. The molecule has 0 amide bonds. The Morgan fingerprint density at radius 1 is 1.33 bits per heavy atom. The molecule has 0 radical (unpaired) electrons. The number of aliphatic hydroxyl groups excluding tert-OH is 2. The Bertz CT molecular complexity index is 422. The molecule has 3 N–H and O–H groups in total. The number of hydrogen-bond donors (Lipinski definition) is 3. The van der Waals surface area contributed by atoms with Gasteiger partial charge in [0, 0.05) is 37.1 Å². The van der Waals surface area contributed by atoms with Crippen molar-refractivity contribution in [3.8, 4) is 0 Å². The lowest BCUT2D eigenvalue weighted by Crippen LogP contribution is -2.45. The van der Waals surface area contributed by atoms with Gasteiger partial charge in [0.25, 0.3) is 0 Å². The highest BCUT2D eigenvalue weighted by molar-refractivity contribution is 5.55. The average molecular weight is 293 g/mol. The third kappa shape index (κ3) is 4.59. The summed E-state index contributed by atoms with van der Waals surface area (Å²) in [4.78, 5) is 4.74. The second-order valence-electron chi connectivity index (χ2n) is 5.97. The Kier molecular flexibility index (Phi) is 5.85. The van der Waals surface area contributed by atoms with E-state index in [9.17, 15) is 5.11 Å². The van der Waals surface area contributed by atoms with E-state index in [4.69, 9.17) is 5.11 Å². The van der Waals surface area contributed by atoms with Crippen LogP contribution in [0.4, 0.5) is 11.4 Å². The van der Waals surface area contributed by atoms with Crippen molar-refractivity contribution < 1.29 is 10.2 Å². The van der Waals surface area contributed by atoms with Gasteiger partial charge in [-0.2, -0.15) is 0 Å². The molecule has 5 nitrogen and oxygen atoms in total. The molecule has 1 heterocycles. The van der Waals surface area contributed by atoms with Gasteiger partial charge in [0.15, 0.2) is 0 Å². The van der Waals surface area contributed by atoms with Crippen molar-refractivity contribution in [2.75, 3.05) is 50.6 Å². The number of nitrogens with one attached hydrogen (secondary N) is 1. The third-order valence-corrected chi connectivity index (χ3v) is 4.11. The lowest BCUT2D eigenvalue weighted by atomic mass is 10.0. The van der Waals surface area contributed by atoms with Crippen LogP contribution < -0.4 is 10.2 Å². The van der Waals surface area contributed by atoms with E-state index in [-0.39, 0.29) is 6.61 Å². The van der Waals surface area contributed by atoms with Crippen molar-refractivity contribution in [2.45, 2.75) is 25.0 Å². The first-order valence-electron chi connectivity index (χ1n) is 7.64. The van der Waals surface area contributed by atoms with Crippen molar-refractivity contribution in [3.05, 3.63) is 24.3 Å². The minimum Gasteiger partial charge on any atom is -0.394 e. The van der Waals surface area contributed by atoms with E-state index in [1.54, 1.807) is 0 Å². The number of aliphatic hydroxyl groups is 2. The fourth-order valence-corrected chi connectivity index (χ4v) is 2.70. The lowest BCUT2D eigenvalue weighted by Gasteiger charge is -2.37. The lowest BCUT2D eigenvalue weighted by molar-refractivity contribution is 0.105. The summed E-state index contributed by atoms with van der Waals surface area (Å²) in [5.74, 6) is 0. The van der Waals surface area contributed by atoms with Crippen molar-refractivity contribution >= 4 is 11.4 Å². The molecule has 118 valence electrons. The molecule has 0 saturated carbocycles. The normalized spacial score (nSPS) is 20.6. The van der Waals surface area contributed by atoms with Crippen LogP contribution in [-0.2, 0) is 0 Å². The largest absolute Gasteiger partial charge is 0.394 e. The van der Waals surface area contributed by atoms with Gasteiger partial charge in [-0.3, -0.25) is 0 Å². The van der Waals surface area contributed by atoms with Gasteiger partial charge in [0.2, 0.25) is 0 Å². The molecule has 1 fully saturated rings. The van der Waals surface area contributed by atoms with Crippen LogP contribution in [0.25, 0.3) is 0 Å². The van der Waals surface area contributed by atoms with Gasteiger partial charge >= 0.3 is 0 Å². The summed E-state index contributed by atoms with van der Waals surface area (Å²) in [5.41, 5.74) is 2.21. The van der Waals surface area contributed by atoms with E-state index >= 15 is 0 Å². The molecule has 5 heteroatoms. The molecule has 0 bridgehead atoms. The van der Waals surface area contributed by atoms with Crippen LogP contribution in [0.2, 0.25) is 0 Å². The smallest absolute Gasteiger partial charge is 0.0942 e. The summed E-state index contributed by atoms with van der Waals surface area (Å²) >= 11 is 0. The maximum Gasteiger partial charge on any atom is 0.0942 e. The fourth-order valence-electron chi connectivity index (χ4n) is 2.70. The van der Waals surface area contributed by atoms with Crippen LogP contribution in [0.15, 0.2) is 24.3 Å². The number of rotatable bonds is 6. The van der Waals surface area contributed by atoms with Crippen LogP contribution in [0.5, 0.6) is 0 Å². The van der Waals surface area contributed by atoms with Gasteiger partial charge in [-0.1, -0.05) is 0 Å². The van der Waals surface area contributed by atoms with Crippen molar-refractivity contribution in [1.82, 2.24) is 4.90 Å². The van der Waals surface area contributed by atoms with E-state index in [0.717, 1.165) is 18.8 Å². The van der Waals surface area contributed by atoms with Crippen molar-refractivity contribution in [1.29, 1.82) is 0 Å². The van der Waals surface area contributed by atoms with Crippen LogP contribution in [0.1, 0.15) is 12.8 Å². The predicted octanol–water partition coefficient (Wildman–Crippen LogP) is 0.982. The highest BCUT2D eigenvalue weighted by Crippen LogP contribution is 2.23. The predicted molar refractivity (Wildman–Crippen MR) is 86.9 cm³/mol. The van der Waals surface area contributed by atoms with Crippen LogP contribution in [0.3, 0.4) is 0 Å². The molecule has 2 rings (SSSR count). The van der Waals surface area contributed by atoms with E-state index in [1.165, 1.54) is 18.5 Å². The first-order chi connectivity index (χ1) is 10.1. The van der Waals surface area contributed by atoms with Crippen molar-refractivity contribution in [3.63, 3.8) is 0 Å². The van der Waals surface area contributed by atoms with E-state index in [1.807, 2.05) is 12.1 Å². The van der Waals surface area contributed by atoms with Gasteiger partial charge in [-0.25, -0.2) is 0 Å². The van der Waals surface area contributed by atoms with Crippen LogP contribution in [0, 0.1) is 0 Å². The number of hydrogen-bond acceptors (Lipinski definition) is 5. The fraction of sp³-hybridized carbons (Fsp3) is 0.625. The van der Waals surface area contributed by atoms with Crippen molar-refractivity contribution in [2.24, 2.45) is 0 Å². The standard InChI is InChI=1S/C16H27N3O2/c1-18(2)15-4-3-9-19(11-15)14-7-5-13(6-8-14)17-10-16(21)12-20/h5-8,15-17,20-21H,3-4,9-12H2,1-2H3. The summed E-state index contributed by atoms with van der Waals surface area (Å²) in [6.07, 6.45) is 1.78. The summed E-state index contributed by atoms with van der Waals surface area (Å²) in [6, 6.07) is 8.91. The van der Waals surface area contributed by atoms with Gasteiger partial charge in [-0.15, -0.1) is 0 Å². The Hall–Kier alpha value is -1.30. The minimum atomic E-state index is -0.715. The van der Waals surface area contributed by atoms with Gasteiger partial charge in [-0.05, 0) is 51.2 Å². The highest BCUT2D eigenvalue weighted by atomic mass is 16.3. The molecule has 1 aliphatic rings. The first kappa shape index (κ1) is 16.1. The molecule has 1 saturated heterocycles. The molecular weight excluding hydrogens is 266 g/mol. The molecule has 0 spiro atoms. The zero-order chi connectivity index (χ0) is 15.2. The number of piperidine rings is 1. The molecule has 21 heavy (non-hydrogen) atoms. The number of nitrogens with zero attached hydrogens (tertiary/aromatic N) is 2. The molecule has 1 aromatic carbocycles. The van der Waals surface area contributed by atoms with E-state index in [2.05, 4.69) is 41.3 Å². The molecule has 2 atom stereocenters. The second kappa shape index (κ2) is 7.64. The molecule has 0 aromatic heterocycles. The maximum atomic E-state index is 9.33.